The lowest BCUT2D eigenvalue weighted by atomic mass is 10.0. The molecular formula is C14H13NO2. The molecule has 3 heteroatoms. The molecule has 0 N–H and O–H groups in total. The largest absolute Gasteiger partial charge is 0.462 e. The van der Waals surface area contributed by atoms with Crippen molar-refractivity contribution in [1.82, 2.24) is 0 Å². The fourth-order valence-corrected chi connectivity index (χ4v) is 1.58. The normalized spacial score (nSPS) is 18.4. The molecule has 86 valence electrons. The summed E-state index contributed by atoms with van der Waals surface area (Å²) in [6.45, 7) is 2.18. The molecule has 0 radical (unpaired) electrons. The SMILES string of the molecule is CCOC(=O)c1ccc2c(c1)\C=C/N=C\C=C/2. The average molecular weight is 227 g/mol. The maximum atomic E-state index is 11.6. The summed E-state index contributed by atoms with van der Waals surface area (Å²) in [6.07, 6.45) is 9.12. The summed E-state index contributed by atoms with van der Waals surface area (Å²) in [5.74, 6) is -0.293. The van der Waals surface area contributed by atoms with Crippen molar-refractivity contribution in [3.8, 4) is 0 Å². The third-order valence-electron chi connectivity index (χ3n) is 2.39. The first-order chi connectivity index (χ1) is 8.31. The van der Waals surface area contributed by atoms with E-state index in [2.05, 4.69) is 4.99 Å². The van der Waals surface area contributed by atoms with Crippen molar-refractivity contribution in [2.45, 2.75) is 6.92 Å². The molecule has 0 saturated carbocycles. The van der Waals surface area contributed by atoms with Crippen LogP contribution >= 0.6 is 0 Å². The second-order valence-corrected chi connectivity index (χ2v) is 3.54. The van der Waals surface area contributed by atoms with Gasteiger partial charge in [-0.25, -0.2) is 4.79 Å². The van der Waals surface area contributed by atoms with Crippen LogP contribution in [0.5, 0.6) is 0 Å². The third-order valence-corrected chi connectivity index (χ3v) is 2.39. The minimum Gasteiger partial charge on any atom is -0.462 e. The van der Waals surface area contributed by atoms with Crippen molar-refractivity contribution in [2.24, 2.45) is 4.99 Å². The molecular weight excluding hydrogens is 214 g/mol. The lowest BCUT2D eigenvalue weighted by Crippen LogP contribution is -2.05. The second kappa shape index (κ2) is 5.25. The van der Waals surface area contributed by atoms with E-state index in [-0.39, 0.29) is 5.97 Å². The number of carbonyl (C=O) groups excluding carboxylic acids is 1. The molecule has 0 saturated heterocycles. The number of hydrogen-bond donors (Lipinski definition) is 0. The molecule has 1 aliphatic heterocycles. The Bertz CT molecular complexity index is 513. The van der Waals surface area contributed by atoms with E-state index in [0.29, 0.717) is 12.2 Å². The Morgan fingerprint density at radius 3 is 3.00 bits per heavy atom. The minimum absolute atomic E-state index is 0.293. The van der Waals surface area contributed by atoms with Crippen molar-refractivity contribution in [3.63, 3.8) is 0 Å². The summed E-state index contributed by atoms with van der Waals surface area (Å²) in [5, 5.41) is 0. The number of esters is 1. The summed E-state index contributed by atoms with van der Waals surface area (Å²) in [6, 6.07) is 5.49. The molecule has 0 aliphatic carbocycles. The molecule has 3 nitrogen and oxygen atoms in total. The van der Waals surface area contributed by atoms with E-state index >= 15 is 0 Å². The van der Waals surface area contributed by atoms with Gasteiger partial charge in [0, 0.05) is 12.4 Å². The summed E-state index contributed by atoms with van der Waals surface area (Å²) in [4.78, 5) is 15.6. The van der Waals surface area contributed by atoms with Gasteiger partial charge >= 0.3 is 5.97 Å². The zero-order valence-electron chi connectivity index (χ0n) is 9.59. The standard InChI is InChI=1S/C14H13NO2/c1-2-17-14(16)13-6-5-11-4-3-8-15-9-7-12(11)10-13/h3-10H,2H2,1H3/b4-3-,8-3?,9-7-,11-4?,12-7?,15-8-,15-9?. The average Bonchev–Trinajstić information content (AvgIpc) is 2.30. The van der Waals surface area contributed by atoms with Gasteiger partial charge in [0.1, 0.15) is 0 Å². The zero-order valence-corrected chi connectivity index (χ0v) is 9.59. The highest BCUT2D eigenvalue weighted by atomic mass is 16.5. The molecule has 0 spiro atoms. The number of ether oxygens (including phenoxy) is 1. The second-order valence-electron chi connectivity index (χ2n) is 3.54. The van der Waals surface area contributed by atoms with Gasteiger partial charge < -0.3 is 4.74 Å². The van der Waals surface area contributed by atoms with Crippen molar-refractivity contribution < 1.29 is 9.53 Å². The summed E-state index contributed by atoms with van der Waals surface area (Å²) in [5.41, 5.74) is 2.58. The summed E-state index contributed by atoms with van der Waals surface area (Å²) in [7, 11) is 0. The van der Waals surface area contributed by atoms with Gasteiger partial charge in [0.2, 0.25) is 0 Å². The molecule has 1 aromatic carbocycles. The van der Waals surface area contributed by atoms with Crippen LogP contribution in [0.15, 0.2) is 35.5 Å². The first-order valence-electron chi connectivity index (χ1n) is 5.49. The lowest BCUT2D eigenvalue weighted by Gasteiger charge is -2.06. The van der Waals surface area contributed by atoms with E-state index < -0.39 is 0 Å². The first kappa shape index (κ1) is 11.3. The van der Waals surface area contributed by atoms with Crippen LogP contribution in [0, 0.1) is 0 Å². The van der Waals surface area contributed by atoms with Crippen LogP contribution in [0.3, 0.4) is 0 Å². The highest BCUT2D eigenvalue weighted by Crippen LogP contribution is 2.17. The molecule has 0 amide bonds. The molecule has 0 unspecified atom stereocenters. The van der Waals surface area contributed by atoms with Crippen LogP contribution in [-0.4, -0.2) is 18.8 Å². The molecule has 0 aromatic heterocycles. The maximum Gasteiger partial charge on any atom is 0.338 e. The number of aliphatic imine (C=N–C) groups is 1. The Balaban J connectivity index is 2.37. The van der Waals surface area contributed by atoms with E-state index in [0.717, 1.165) is 11.1 Å². The van der Waals surface area contributed by atoms with Crippen molar-refractivity contribution in [1.29, 1.82) is 0 Å². The highest BCUT2D eigenvalue weighted by molar-refractivity contribution is 5.91. The molecule has 1 aliphatic rings. The summed E-state index contributed by atoms with van der Waals surface area (Å²) >= 11 is 0. The van der Waals surface area contributed by atoms with Crippen LogP contribution in [0.1, 0.15) is 28.4 Å². The lowest BCUT2D eigenvalue weighted by molar-refractivity contribution is 0.0526. The van der Waals surface area contributed by atoms with Gasteiger partial charge in [-0.3, -0.25) is 4.99 Å². The minimum atomic E-state index is -0.293. The van der Waals surface area contributed by atoms with Crippen LogP contribution in [-0.2, 0) is 4.74 Å². The van der Waals surface area contributed by atoms with Gasteiger partial charge in [-0.2, -0.15) is 0 Å². The van der Waals surface area contributed by atoms with E-state index in [1.807, 2.05) is 30.4 Å². The molecule has 2 rings (SSSR count). The monoisotopic (exact) mass is 227 g/mol. The van der Waals surface area contributed by atoms with Crippen molar-refractivity contribution in [2.75, 3.05) is 6.61 Å². The fraction of sp³-hybridized carbons (Fsp3) is 0.143. The van der Waals surface area contributed by atoms with Crippen LogP contribution < -0.4 is 0 Å². The van der Waals surface area contributed by atoms with Crippen LogP contribution in [0.25, 0.3) is 12.2 Å². The first-order valence-corrected chi connectivity index (χ1v) is 5.49. The van der Waals surface area contributed by atoms with Gasteiger partial charge in [0.25, 0.3) is 0 Å². The topological polar surface area (TPSA) is 38.7 Å². The predicted molar refractivity (Wildman–Crippen MR) is 69.0 cm³/mol. The Labute approximate surface area is 100 Å². The maximum absolute atomic E-state index is 11.6. The van der Waals surface area contributed by atoms with E-state index in [1.54, 1.807) is 25.4 Å². The van der Waals surface area contributed by atoms with Gasteiger partial charge in [-0.05, 0) is 42.3 Å². The Kier molecular flexibility index (Phi) is 3.50. The van der Waals surface area contributed by atoms with E-state index in [1.165, 1.54) is 0 Å². The molecule has 0 bridgehead atoms. The number of nitrogens with zero attached hydrogens (tertiary/aromatic N) is 1. The van der Waals surface area contributed by atoms with Gasteiger partial charge in [-0.1, -0.05) is 12.1 Å². The Hall–Kier alpha value is -2.16. The quantitative estimate of drug-likeness (QED) is 0.728. The van der Waals surface area contributed by atoms with Crippen LogP contribution in [0.4, 0.5) is 0 Å². The van der Waals surface area contributed by atoms with Gasteiger partial charge in [0.15, 0.2) is 0 Å². The molecule has 1 aromatic rings. The van der Waals surface area contributed by atoms with E-state index in [9.17, 15) is 4.79 Å². The van der Waals surface area contributed by atoms with Crippen molar-refractivity contribution >= 4 is 24.3 Å². The van der Waals surface area contributed by atoms with Crippen molar-refractivity contribution in [3.05, 3.63) is 47.2 Å². The molecule has 0 atom stereocenters. The zero-order chi connectivity index (χ0) is 12.1. The van der Waals surface area contributed by atoms with E-state index in [4.69, 9.17) is 4.74 Å². The van der Waals surface area contributed by atoms with Gasteiger partial charge in [-0.15, -0.1) is 0 Å². The Morgan fingerprint density at radius 1 is 1.29 bits per heavy atom. The number of benzene rings is 1. The predicted octanol–water partition coefficient (Wildman–Crippen LogP) is 2.93. The number of fused-ring (bicyclic) bond motifs is 1. The molecule has 1 heterocycles. The van der Waals surface area contributed by atoms with Crippen LogP contribution in [0.2, 0.25) is 0 Å². The number of hydrogen-bond acceptors (Lipinski definition) is 3. The van der Waals surface area contributed by atoms with Gasteiger partial charge in [0.05, 0.1) is 12.2 Å². The number of carbonyl (C=O) groups is 1. The number of allylic oxidation sites excluding steroid dienone is 1. The smallest absolute Gasteiger partial charge is 0.338 e. The molecule has 17 heavy (non-hydrogen) atoms. The highest BCUT2D eigenvalue weighted by Gasteiger charge is 2.08. The fourth-order valence-electron chi connectivity index (χ4n) is 1.58. The summed E-state index contributed by atoms with van der Waals surface area (Å²) < 4.78 is 4.96. The molecule has 0 fully saturated rings. The number of rotatable bonds is 2. The third kappa shape index (κ3) is 2.69. The Morgan fingerprint density at radius 2 is 2.18 bits per heavy atom.